The summed E-state index contributed by atoms with van der Waals surface area (Å²) in [6, 6.07) is 9.34. The molecular formula is C19H29NO2. The molecule has 3 nitrogen and oxygen atoms in total. The van der Waals surface area contributed by atoms with Crippen molar-refractivity contribution in [2.45, 2.75) is 76.4 Å². The van der Waals surface area contributed by atoms with Gasteiger partial charge in [0.25, 0.3) is 0 Å². The zero-order valence-electron chi connectivity index (χ0n) is 13.5. The predicted octanol–water partition coefficient (Wildman–Crippen LogP) is 3.99. The van der Waals surface area contributed by atoms with Gasteiger partial charge in [0, 0.05) is 0 Å². The van der Waals surface area contributed by atoms with Gasteiger partial charge in [-0.1, -0.05) is 62.4 Å². The van der Waals surface area contributed by atoms with Crippen LogP contribution in [0.4, 0.5) is 0 Å². The van der Waals surface area contributed by atoms with Gasteiger partial charge in [-0.25, -0.2) is 0 Å². The fourth-order valence-corrected chi connectivity index (χ4v) is 3.09. The predicted molar refractivity (Wildman–Crippen MR) is 89.6 cm³/mol. The van der Waals surface area contributed by atoms with Gasteiger partial charge >= 0.3 is 5.97 Å². The Kier molecular flexibility index (Phi) is 7.44. The van der Waals surface area contributed by atoms with Crippen LogP contribution in [-0.2, 0) is 16.0 Å². The first kappa shape index (κ1) is 17.0. The summed E-state index contributed by atoms with van der Waals surface area (Å²) >= 11 is 0. The highest BCUT2D eigenvalue weighted by Gasteiger charge is 2.20. The van der Waals surface area contributed by atoms with Crippen LogP contribution in [0.25, 0.3) is 0 Å². The topological polar surface area (TPSA) is 52.3 Å². The molecule has 0 amide bonds. The quantitative estimate of drug-likeness (QED) is 0.856. The molecule has 3 heteroatoms. The molecule has 0 heterocycles. The Labute approximate surface area is 134 Å². The van der Waals surface area contributed by atoms with E-state index >= 15 is 0 Å². The first-order chi connectivity index (χ1) is 10.8. The molecule has 1 aromatic rings. The zero-order valence-corrected chi connectivity index (χ0v) is 13.5. The molecule has 0 spiro atoms. The zero-order chi connectivity index (χ0) is 15.6. The minimum atomic E-state index is -0.558. The van der Waals surface area contributed by atoms with Crippen LogP contribution in [0.15, 0.2) is 30.3 Å². The van der Waals surface area contributed by atoms with Crippen LogP contribution in [0.1, 0.15) is 63.4 Å². The maximum Gasteiger partial charge on any atom is 0.323 e. The molecule has 1 aliphatic rings. The van der Waals surface area contributed by atoms with E-state index in [-0.39, 0.29) is 12.1 Å². The normalized spacial score (nSPS) is 19.3. The summed E-state index contributed by atoms with van der Waals surface area (Å²) in [4.78, 5) is 12.2. The summed E-state index contributed by atoms with van der Waals surface area (Å²) in [5.74, 6) is -0.245. The third-order valence-electron chi connectivity index (χ3n) is 4.44. The Balaban J connectivity index is 1.80. The molecule has 0 bridgehead atoms. The summed E-state index contributed by atoms with van der Waals surface area (Å²) < 4.78 is 5.69. The van der Waals surface area contributed by atoms with Gasteiger partial charge in [-0.05, 0) is 37.7 Å². The Morgan fingerprint density at radius 3 is 2.14 bits per heavy atom. The highest BCUT2D eigenvalue weighted by molar-refractivity contribution is 5.76. The molecule has 22 heavy (non-hydrogen) atoms. The van der Waals surface area contributed by atoms with Crippen LogP contribution in [0.5, 0.6) is 0 Å². The van der Waals surface area contributed by atoms with Gasteiger partial charge in [-0.2, -0.15) is 0 Å². The second kappa shape index (κ2) is 9.62. The van der Waals surface area contributed by atoms with Crippen LogP contribution in [0, 0.1) is 0 Å². The van der Waals surface area contributed by atoms with E-state index in [1.165, 1.54) is 32.1 Å². The number of hydrogen-bond donors (Lipinski definition) is 1. The van der Waals surface area contributed by atoms with Gasteiger partial charge in [0.05, 0.1) is 0 Å². The highest BCUT2D eigenvalue weighted by Crippen LogP contribution is 2.19. The van der Waals surface area contributed by atoms with Gasteiger partial charge in [0.1, 0.15) is 12.1 Å². The van der Waals surface area contributed by atoms with Gasteiger partial charge < -0.3 is 10.5 Å². The van der Waals surface area contributed by atoms with Crippen LogP contribution in [-0.4, -0.2) is 18.1 Å². The maximum atomic E-state index is 12.2. The summed E-state index contributed by atoms with van der Waals surface area (Å²) in [5, 5.41) is 0. The fourth-order valence-electron chi connectivity index (χ4n) is 3.09. The first-order valence-corrected chi connectivity index (χ1v) is 8.75. The number of rotatable bonds is 4. The van der Waals surface area contributed by atoms with E-state index in [0.29, 0.717) is 6.42 Å². The summed E-state index contributed by atoms with van der Waals surface area (Å²) in [7, 11) is 0. The highest BCUT2D eigenvalue weighted by atomic mass is 16.5. The van der Waals surface area contributed by atoms with E-state index in [9.17, 15) is 4.79 Å². The van der Waals surface area contributed by atoms with Gasteiger partial charge in [0.2, 0.25) is 0 Å². The maximum absolute atomic E-state index is 12.2. The Morgan fingerprint density at radius 1 is 1.00 bits per heavy atom. The molecule has 122 valence electrons. The number of ether oxygens (including phenoxy) is 1. The fraction of sp³-hybridized carbons (Fsp3) is 0.632. The standard InChI is InChI=1S/C19H29NO2/c20-18(15-16-11-7-6-8-12-16)19(21)22-17-13-9-4-2-1-3-5-10-14-17/h6-8,11-12,17-18H,1-5,9-10,13-15,20H2/t18-/m0/s1. The number of esters is 1. The second-order valence-corrected chi connectivity index (χ2v) is 6.41. The molecule has 2 N–H and O–H groups in total. The molecule has 0 unspecified atom stereocenters. The lowest BCUT2D eigenvalue weighted by Crippen LogP contribution is -2.36. The molecule has 0 aromatic heterocycles. The van der Waals surface area contributed by atoms with Crippen molar-refractivity contribution in [1.82, 2.24) is 0 Å². The van der Waals surface area contributed by atoms with Gasteiger partial charge in [-0.3, -0.25) is 4.79 Å². The molecule has 0 saturated heterocycles. The number of hydrogen-bond acceptors (Lipinski definition) is 3. The van der Waals surface area contributed by atoms with E-state index in [0.717, 1.165) is 31.2 Å². The second-order valence-electron chi connectivity index (χ2n) is 6.41. The molecule has 0 radical (unpaired) electrons. The van der Waals surface area contributed by atoms with Gasteiger partial charge in [-0.15, -0.1) is 0 Å². The lowest BCUT2D eigenvalue weighted by atomic mass is 9.99. The van der Waals surface area contributed by atoms with Gasteiger partial charge in [0.15, 0.2) is 0 Å². The van der Waals surface area contributed by atoms with Crippen LogP contribution in [0.3, 0.4) is 0 Å². The SMILES string of the molecule is N[C@@H](Cc1ccccc1)C(=O)OC1CCCCCCCCC1. The lowest BCUT2D eigenvalue weighted by Gasteiger charge is -2.21. The third kappa shape index (κ3) is 6.18. The molecule has 1 aromatic carbocycles. The van der Waals surface area contributed by atoms with Crippen molar-refractivity contribution in [1.29, 1.82) is 0 Å². The van der Waals surface area contributed by atoms with E-state index in [1.54, 1.807) is 0 Å². The van der Waals surface area contributed by atoms with E-state index in [2.05, 4.69) is 0 Å². The minimum absolute atomic E-state index is 0.0624. The molecule has 2 rings (SSSR count). The molecule has 1 saturated carbocycles. The largest absolute Gasteiger partial charge is 0.461 e. The Morgan fingerprint density at radius 2 is 1.55 bits per heavy atom. The van der Waals surface area contributed by atoms with Crippen molar-refractivity contribution in [2.75, 3.05) is 0 Å². The van der Waals surface area contributed by atoms with Crippen molar-refractivity contribution in [2.24, 2.45) is 5.73 Å². The molecule has 1 atom stereocenters. The van der Waals surface area contributed by atoms with E-state index in [1.807, 2.05) is 30.3 Å². The van der Waals surface area contributed by atoms with Crippen LogP contribution in [0.2, 0.25) is 0 Å². The Hall–Kier alpha value is -1.35. The number of carbonyl (C=O) groups excluding carboxylic acids is 1. The van der Waals surface area contributed by atoms with Crippen molar-refractivity contribution in [3.8, 4) is 0 Å². The van der Waals surface area contributed by atoms with Crippen molar-refractivity contribution < 1.29 is 9.53 Å². The van der Waals surface area contributed by atoms with E-state index in [4.69, 9.17) is 10.5 Å². The molecule has 1 fully saturated rings. The van der Waals surface area contributed by atoms with Crippen molar-refractivity contribution in [3.63, 3.8) is 0 Å². The molecule has 1 aliphatic carbocycles. The van der Waals surface area contributed by atoms with Crippen molar-refractivity contribution in [3.05, 3.63) is 35.9 Å². The summed E-state index contributed by atoms with van der Waals surface area (Å²) in [6.07, 6.45) is 11.4. The third-order valence-corrected chi connectivity index (χ3v) is 4.44. The Bertz CT molecular complexity index is 422. The number of nitrogens with two attached hydrogens (primary N) is 1. The van der Waals surface area contributed by atoms with Crippen LogP contribution < -0.4 is 5.73 Å². The van der Waals surface area contributed by atoms with Crippen LogP contribution >= 0.6 is 0 Å². The lowest BCUT2D eigenvalue weighted by molar-refractivity contribution is -0.151. The average molecular weight is 303 g/mol. The minimum Gasteiger partial charge on any atom is -0.461 e. The first-order valence-electron chi connectivity index (χ1n) is 8.75. The summed E-state index contributed by atoms with van der Waals surface area (Å²) in [6.45, 7) is 0. The molecule has 0 aliphatic heterocycles. The number of carbonyl (C=O) groups is 1. The summed E-state index contributed by atoms with van der Waals surface area (Å²) in [5.41, 5.74) is 7.10. The molecular weight excluding hydrogens is 274 g/mol. The number of benzene rings is 1. The monoisotopic (exact) mass is 303 g/mol. The average Bonchev–Trinajstić information content (AvgIpc) is 2.54. The smallest absolute Gasteiger partial charge is 0.323 e. The van der Waals surface area contributed by atoms with E-state index < -0.39 is 6.04 Å². The van der Waals surface area contributed by atoms with Crippen molar-refractivity contribution >= 4 is 5.97 Å².